The van der Waals surface area contributed by atoms with Crippen molar-refractivity contribution in [1.29, 1.82) is 0 Å². The van der Waals surface area contributed by atoms with Crippen LogP contribution in [0.3, 0.4) is 0 Å². The zero-order valence-electron chi connectivity index (χ0n) is 9.37. The van der Waals surface area contributed by atoms with Crippen molar-refractivity contribution >= 4 is 29.1 Å². The maximum absolute atomic E-state index is 11.5. The van der Waals surface area contributed by atoms with E-state index in [4.69, 9.17) is 33.7 Å². The van der Waals surface area contributed by atoms with Crippen LogP contribution >= 0.6 is 23.2 Å². The Bertz CT molecular complexity index is 399. The maximum atomic E-state index is 11.5. The van der Waals surface area contributed by atoms with Crippen molar-refractivity contribution in [3.63, 3.8) is 0 Å². The van der Waals surface area contributed by atoms with E-state index in [1.165, 1.54) is 0 Å². The Morgan fingerprint density at radius 1 is 1.47 bits per heavy atom. The van der Waals surface area contributed by atoms with Crippen LogP contribution in [0.4, 0.5) is 0 Å². The Labute approximate surface area is 110 Å². The van der Waals surface area contributed by atoms with E-state index < -0.39 is 6.10 Å². The molecule has 1 aromatic rings. The lowest BCUT2D eigenvalue weighted by atomic mass is 10.3. The summed E-state index contributed by atoms with van der Waals surface area (Å²) >= 11 is 11.6. The number of hydrogen-bond donors (Lipinski definition) is 2. The number of carbonyl (C=O) groups excluding carboxylic acids is 1. The van der Waals surface area contributed by atoms with Crippen LogP contribution in [-0.2, 0) is 4.79 Å². The fraction of sp³-hybridized carbons (Fsp3) is 0.364. The van der Waals surface area contributed by atoms with Crippen LogP contribution in [-0.4, -0.2) is 25.1 Å². The zero-order valence-corrected chi connectivity index (χ0v) is 10.9. The summed E-state index contributed by atoms with van der Waals surface area (Å²) < 4.78 is 5.41. The van der Waals surface area contributed by atoms with E-state index in [2.05, 4.69) is 5.32 Å². The highest BCUT2D eigenvalue weighted by Gasteiger charge is 2.14. The molecule has 1 unspecified atom stereocenters. The summed E-state index contributed by atoms with van der Waals surface area (Å²) in [6.45, 7) is 2.47. The summed E-state index contributed by atoms with van der Waals surface area (Å²) in [4.78, 5) is 11.5. The molecule has 0 radical (unpaired) electrons. The minimum atomic E-state index is -0.612. The topological polar surface area (TPSA) is 64.3 Å². The van der Waals surface area contributed by atoms with Crippen LogP contribution in [0.25, 0.3) is 0 Å². The van der Waals surface area contributed by atoms with Crippen LogP contribution in [0.2, 0.25) is 10.0 Å². The lowest BCUT2D eigenvalue weighted by molar-refractivity contribution is -0.127. The molecule has 1 aromatic carbocycles. The summed E-state index contributed by atoms with van der Waals surface area (Å²) in [7, 11) is 0. The number of nitrogens with two attached hydrogens (primary N) is 1. The molecule has 1 rings (SSSR count). The molecular weight excluding hydrogens is 263 g/mol. The predicted molar refractivity (Wildman–Crippen MR) is 68.6 cm³/mol. The van der Waals surface area contributed by atoms with Crippen molar-refractivity contribution in [1.82, 2.24) is 5.32 Å². The maximum Gasteiger partial charge on any atom is 0.260 e. The average molecular weight is 277 g/mol. The predicted octanol–water partition coefficient (Wildman–Crippen LogP) is 1.84. The van der Waals surface area contributed by atoms with E-state index in [1.807, 2.05) is 0 Å². The Morgan fingerprint density at radius 3 is 2.76 bits per heavy atom. The standard InChI is InChI=1S/C11H14Cl2N2O2/c1-7(11(16)15-5-4-14)17-8-2-3-9(12)10(13)6-8/h2-3,6-7H,4-5,14H2,1H3,(H,15,16). The third-order valence-corrected chi connectivity index (χ3v) is 2.76. The third kappa shape index (κ3) is 4.42. The minimum Gasteiger partial charge on any atom is -0.481 e. The smallest absolute Gasteiger partial charge is 0.260 e. The van der Waals surface area contributed by atoms with E-state index in [1.54, 1.807) is 25.1 Å². The van der Waals surface area contributed by atoms with E-state index in [9.17, 15) is 4.79 Å². The first-order chi connectivity index (χ1) is 8.04. The summed E-state index contributed by atoms with van der Waals surface area (Å²) in [6, 6.07) is 4.83. The quantitative estimate of drug-likeness (QED) is 0.863. The van der Waals surface area contributed by atoms with Crippen LogP contribution in [0.1, 0.15) is 6.92 Å². The molecule has 4 nitrogen and oxygen atoms in total. The Hall–Kier alpha value is -0.970. The molecule has 0 aromatic heterocycles. The molecule has 1 amide bonds. The average Bonchev–Trinajstić information content (AvgIpc) is 2.30. The van der Waals surface area contributed by atoms with Gasteiger partial charge in [-0.15, -0.1) is 0 Å². The molecule has 0 aliphatic heterocycles. The molecule has 0 aliphatic rings. The molecule has 0 saturated carbocycles. The zero-order chi connectivity index (χ0) is 12.8. The Balaban J connectivity index is 2.58. The number of carbonyl (C=O) groups is 1. The second-order valence-corrected chi connectivity index (χ2v) is 4.23. The molecule has 0 aliphatic carbocycles. The Morgan fingerprint density at radius 2 is 2.18 bits per heavy atom. The second kappa shape index (κ2) is 6.69. The number of halogens is 2. The van der Waals surface area contributed by atoms with Gasteiger partial charge in [0.05, 0.1) is 10.0 Å². The van der Waals surface area contributed by atoms with Crippen molar-refractivity contribution in [3.05, 3.63) is 28.2 Å². The number of amides is 1. The third-order valence-electron chi connectivity index (χ3n) is 2.02. The van der Waals surface area contributed by atoms with Crippen molar-refractivity contribution < 1.29 is 9.53 Å². The first kappa shape index (κ1) is 14.1. The van der Waals surface area contributed by atoms with Crippen LogP contribution in [0, 0.1) is 0 Å². The fourth-order valence-electron chi connectivity index (χ4n) is 1.15. The number of ether oxygens (including phenoxy) is 1. The van der Waals surface area contributed by atoms with Crippen molar-refractivity contribution in [2.24, 2.45) is 5.73 Å². The molecule has 6 heteroatoms. The number of hydrogen-bond acceptors (Lipinski definition) is 3. The number of nitrogens with one attached hydrogen (secondary N) is 1. The lowest BCUT2D eigenvalue weighted by Crippen LogP contribution is -2.38. The highest BCUT2D eigenvalue weighted by Crippen LogP contribution is 2.26. The van der Waals surface area contributed by atoms with Gasteiger partial charge in [0.15, 0.2) is 6.10 Å². The fourth-order valence-corrected chi connectivity index (χ4v) is 1.43. The molecule has 94 valence electrons. The van der Waals surface area contributed by atoms with E-state index in [0.717, 1.165) is 0 Å². The molecule has 17 heavy (non-hydrogen) atoms. The lowest BCUT2D eigenvalue weighted by Gasteiger charge is -2.14. The largest absolute Gasteiger partial charge is 0.481 e. The highest BCUT2D eigenvalue weighted by molar-refractivity contribution is 6.42. The molecular formula is C11H14Cl2N2O2. The first-order valence-electron chi connectivity index (χ1n) is 5.14. The molecule has 3 N–H and O–H groups in total. The summed E-state index contributed by atoms with van der Waals surface area (Å²) in [5, 5.41) is 3.46. The van der Waals surface area contributed by atoms with Crippen LogP contribution in [0.5, 0.6) is 5.75 Å². The number of benzene rings is 1. The second-order valence-electron chi connectivity index (χ2n) is 3.42. The summed E-state index contributed by atoms with van der Waals surface area (Å²) in [6.07, 6.45) is -0.612. The van der Waals surface area contributed by atoms with E-state index in [-0.39, 0.29) is 5.91 Å². The van der Waals surface area contributed by atoms with E-state index >= 15 is 0 Å². The van der Waals surface area contributed by atoms with Gasteiger partial charge in [-0.25, -0.2) is 0 Å². The molecule has 0 bridgehead atoms. The van der Waals surface area contributed by atoms with E-state index in [0.29, 0.717) is 28.9 Å². The van der Waals surface area contributed by atoms with Gasteiger partial charge in [-0.1, -0.05) is 23.2 Å². The van der Waals surface area contributed by atoms with Gasteiger partial charge in [-0.2, -0.15) is 0 Å². The molecule has 0 fully saturated rings. The van der Waals surface area contributed by atoms with Gasteiger partial charge >= 0.3 is 0 Å². The van der Waals surface area contributed by atoms with Gasteiger partial charge in [0, 0.05) is 19.2 Å². The monoisotopic (exact) mass is 276 g/mol. The minimum absolute atomic E-state index is 0.221. The van der Waals surface area contributed by atoms with Gasteiger partial charge in [0.1, 0.15) is 5.75 Å². The van der Waals surface area contributed by atoms with Gasteiger partial charge in [0.2, 0.25) is 0 Å². The van der Waals surface area contributed by atoms with Gasteiger partial charge < -0.3 is 15.8 Å². The Kier molecular flexibility index (Phi) is 5.55. The molecule has 0 saturated heterocycles. The molecule has 0 spiro atoms. The van der Waals surface area contributed by atoms with Gasteiger partial charge in [0.25, 0.3) is 5.91 Å². The van der Waals surface area contributed by atoms with Crippen molar-refractivity contribution in [2.75, 3.05) is 13.1 Å². The normalized spacial score (nSPS) is 12.0. The van der Waals surface area contributed by atoms with Crippen LogP contribution < -0.4 is 15.8 Å². The highest BCUT2D eigenvalue weighted by atomic mass is 35.5. The van der Waals surface area contributed by atoms with Gasteiger partial charge in [-0.05, 0) is 19.1 Å². The summed E-state index contributed by atoms with van der Waals surface area (Å²) in [5.74, 6) is 0.274. The van der Waals surface area contributed by atoms with Crippen molar-refractivity contribution in [2.45, 2.75) is 13.0 Å². The molecule has 1 atom stereocenters. The SMILES string of the molecule is CC(Oc1ccc(Cl)c(Cl)c1)C(=O)NCCN. The number of rotatable bonds is 5. The first-order valence-corrected chi connectivity index (χ1v) is 5.89. The van der Waals surface area contributed by atoms with Crippen LogP contribution in [0.15, 0.2) is 18.2 Å². The van der Waals surface area contributed by atoms with Crippen molar-refractivity contribution in [3.8, 4) is 5.75 Å². The van der Waals surface area contributed by atoms with Gasteiger partial charge in [-0.3, -0.25) is 4.79 Å². The summed E-state index contributed by atoms with van der Waals surface area (Å²) in [5.41, 5.74) is 5.28. The molecule has 0 heterocycles.